The summed E-state index contributed by atoms with van der Waals surface area (Å²) in [4.78, 5) is 0. The maximum Gasteiger partial charge on any atom is 0.0670 e. The molecule has 1 nitrogen and oxygen atoms in total. The van der Waals surface area contributed by atoms with Crippen LogP contribution < -0.4 is 5.32 Å². The van der Waals surface area contributed by atoms with Crippen molar-refractivity contribution in [3.8, 4) is 11.1 Å². The fourth-order valence-electron chi connectivity index (χ4n) is 2.00. The molecule has 0 saturated carbocycles. The highest BCUT2D eigenvalue weighted by molar-refractivity contribution is 6.43. The molecule has 2 aromatic carbocycles. The topological polar surface area (TPSA) is 12.0 Å². The molecule has 0 aliphatic carbocycles. The minimum absolute atomic E-state index is 0.560. The Balaban J connectivity index is 2.33. The van der Waals surface area contributed by atoms with Crippen LogP contribution in [-0.2, 0) is 6.54 Å². The van der Waals surface area contributed by atoms with Gasteiger partial charge in [-0.2, -0.15) is 0 Å². The molecule has 0 aliphatic rings. The molecule has 0 spiro atoms. The monoisotopic (exact) mass is 327 g/mol. The average molecular weight is 329 g/mol. The molecule has 0 fully saturated rings. The van der Waals surface area contributed by atoms with E-state index >= 15 is 0 Å². The van der Waals surface area contributed by atoms with Gasteiger partial charge in [0.05, 0.1) is 10.0 Å². The van der Waals surface area contributed by atoms with Crippen LogP contribution in [0, 0.1) is 0 Å². The lowest BCUT2D eigenvalue weighted by Gasteiger charge is -2.10. The normalized spacial score (nSPS) is 10.8. The van der Waals surface area contributed by atoms with E-state index in [1.165, 1.54) is 0 Å². The molecule has 2 aromatic rings. The molecule has 0 heterocycles. The fourth-order valence-corrected chi connectivity index (χ4v) is 2.60. The van der Waals surface area contributed by atoms with Gasteiger partial charge in [0.25, 0.3) is 0 Å². The summed E-state index contributed by atoms with van der Waals surface area (Å²) in [5.74, 6) is 0. The van der Waals surface area contributed by atoms with Crippen molar-refractivity contribution in [2.24, 2.45) is 0 Å². The Hall–Kier alpha value is -0.730. The zero-order valence-electron chi connectivity index (χ0n) is 11.2. The second-order valence-corrected chi connectivity index (χ2v) is 5.78. The zero-order valence-corrected chi connectivity index (χ0v) is 13.5. The van der Waals surface area contributed by atoms with Crippen molar-refractivity contribution in [2.75, 3.05) is 6.54 Å². The van der Waals surface area contributed by atoms with E-state index in [0.29, 0.717) is 10.0 Å². The van der Waals surface area contributed by atoms with Gasteiger partial charge in [-0.25, -0.2) is 0 Å². The minimum atomic E-state index is 0.560. The number of hydrogen-bond acceptors (Lipinski definition) is 1. The molecular weight excluding hydrogens is 313 g/mol. The Labute approximate surface area is 134 Å². The van der Waals surface area contributed by atoms with Crippen LogP contribution >= 0.6 is 34.8 Å². The van der Waals surface area contributed by atoms with Crippen molar-refractivity contribution in [1.29, 1.82) is 0 Å². The van der Waals surface area contributed by atoms with Gasteiger partial charge in [-0.3, -0.25) is 0 Å². The third-order valence-corrected chi connectivity index (χ3v) is 4.24. The summed E-state index contributed by atoms with van der Waals surface area (Å²) in [5, 5.41) is 5.25. The number of hydrogen-bond donors (Lipinski definition) is 1. The van der Waals surface area contributed by atoms with E-state index in [4.69, 9.17) is 34.8 Å². The number of benzene rings is 2. The van der Waals surface area contributed by atoms with Crippen LogP contribution in [0.15, 0.2) is 36.4 Å². The highest BCUT2D eigenvalue weighted by Gasteiger charge is 2.09. The molecule has 2 rings (SSSR count). The minimum Gasteiger partial charge on any atom is -0.313 e. The number of rotatable bonds is 5. The van der Waals surface area contributed by atoms with Gasteiger partial charge in [0.1, 0.15) is 0 Å². The quantitative estimate of drug-likeness (QED) is 0.683. The maximum atomic E-state index is 6.27. The van der Waals surface area contributed by atoms with Crippen molar-refractivity contribution in [3.05, 3.63) is 57.0 Å². The van der Waals surface area contributed by atoms with Crippen molar-refractivity contribution < 1.29 is 0 Å². The Bertz CT molecular complexity index is 596. The van der Waals surface area contributed by atoms with Crippen LogP contribution in [0.4, 0.5) is 0 Å². The zero-order chi connectivity index (χ0) is 14.5. The first-order chi connectivity index (χ1) is 9.63. The van der Waals surface area contributed by atoms with Gasteiger partial charge < -0.3 is 5.32 Å². The average Bonchev–Trinajstić information content (AvgIpc) is 2.44. The van der Waals surface area contributed by atoms with E-state index in [1.54, 1.807) is 6.07 Å². The Kier molecular flexibility index (Phi) is 5.74. The molecule has 0 saturated heterocycles. The SMILES string of the molecule is CCCNCc1cc(-c2cccc(Cl)c2Cl)ccc1Cl. The highest BCUT2D eigenvalue weighted by Crippen LogP contribution is 2.34. The summed E-state index contributed by atoms with van der Waals surface area (Å²) < 4.78 is 0. The molecule has 0 unspecified atom stereocenters. The summed E-state index contributed by atoms with van der Waals surface area (Å²) >= 11 is 18.6. The molecule has 0 bridgehead atoms. The van der Waals surface area contributed by atoms with Crippen LogP contribution in [0.5, 0.6) is 0 Å². The second-order valence-electron chi connectivity index (χ2n) is 4.58. The number of nitrogens with one attached hydrogen (secondary N) is 1. The van der Waals surface area contributed by atoms with Gasteiger partial charge in [0.15, 0.2) is 0 Å². The first-order valence-corrected chi connectivity index (χ1v) is 7.70. The molecule has 0 radical (unpaired) electrons. The molecule has 0 aromatic heterocycles. The van der Waals surface area contributed by atoms with E-state index < -0.39 is 0 Å². The highest BCUT2D eigenvalue weighted by atomic mass is 35.5. The van der Waals surface area contributed by atoms with Gasteiger partial charge in [0, 0.05) is 17.1 Å². The van der Waals surface area contributed by atoms with Crippen molar-refractivity contribution in [3.63, 3.8) is 0 Å². The molecule has 0 aliphatic heterocycles. The van der Waals surface area contributed by atoms with E-state index in [2.05, 4.69) is 18.3 Å². The molecule has 4 heteroatoms. The van der Waals surface area contributed by atoms with E-state index in [9.17, 15) is 0 Å². The maximum absolute atomic E-state index is 6.27. The predicted molar refractivity (Wildman–Crippen MR) is 88.9 cm³/mol. The summed E-state index contributed by atoms with van der Waals surface area (Å²) in [6, 6.07) is 11.6. The van der Waals surface area contributed by atoms with Gasteiger partial charge >= 0.3 is 0 Å². The molecular formula is C16H16Cl3N. The third-order valence-electron chi connectivity index (χ3n) is 3.05. The van der Waals surface area contributed by atoms with E-state index in [-0.39, 0.29) is 0 Å². The summed E-state index contributed by atoms with van der Waals surface area (Å²) in [7, 11) is 0. The first-order valence-electron chi connectivity index (χ1n) is 6.57. The standard InChI is InChI=1S/C16H16Cl3N/c1-2-8-20-10-12-9-11(6-7-14(12)17)13-4-3-5-15(18)16(13)19/h3-7,9,20H,2,8,10H2,1H3. The van der Waals surface area contributed by atoms with E-state index in [0.717, 1.165) is 41.2 Å². The predicted octanol–water partition coefficient (Wildman–Crippen LogP) is 5.81. The second kappa shape index (κ2) is 7.33. The van der Waals surface area contributed by atoms with Gasteiger partial charge in [-0.1, -0.05) is 59.9 Å². The largest absolute Gasteiger partial charge is 0.313 e. The van der Waals surface area contributed by atoms with Crippen molar-refractivity contribution >= 4 is 34.8 Å². The van der Waals surface area contributed by atoms with Gasteiger partial charge in [-0.15, -0.1) is 0 Å². The molecule has 0 atom stereocenters. The lowest BCUT2D eigenvalue weighted by atomic mass is 10.0. The van der Waals surface area contributed by atoms with Gasteiger partial charge in [-0.05, 0) is 42.3 Å². The van der Waals surface area contributed by atoms with Crippen LogP contribution in [0.25, 0.3) is 11.1 Å². The lowest BCUT2D eigenvalue weighted by Crippen LogP contribution is -2.14. The fraction of sp³-hybridized carbons (Fsp3) is 0.250. The van der Waals surface area contributed by atoms with Crippen LogP contribution in [0.1, 0.15) is 18.9 Å². The Morgan fingerprint density at radius 3 is 2.55 bits per heavy atom. The number of halogens is 3. The van der Waals surface area contributed by atoms with Crippen LogP contribution in [0.3, 0.4) is 0 Å². The molecule has 20 heavy (non-hydrogen) atoms. The summed E-state index contributed by atoms with van der Waals surface area (Å²) in [6.07, 6.45) is 1.09. The smallest absolute Gasteiger partial charge is 0.0670 e. The van der Waals surface area contributed by atoms with Crippen molar-refractivity contribution in [2.45, 2.75) is 19.9 Å². The third kappa shape index (κ3) is 3.67. The van der Waals surface area contributed by atoms with Gasteiger partial charge in [0.2, 0.25) is 0 Å². The van der Waals surface area contributed by atoms with Crippen molar-refractivity contribution in [1.82, 2.24) is 5.32 Å². The Morgan fingerprint density at radius 1 is 1.00 bits per heavy atom. The molecule has 0 amide bonds. The molecule has 1 N–H and O–H groups in total. The Morgan fingerprint density at radius 2 is 1.80 bits per heavy atom. The van der Waals surface area contributed by atoms with E-state index in [1.807, 2.05) is 24.3 Å². The van der Waals surface area contributed by atoms with Crippen LogP contribution in [0.2, 0.25) is 15.1 Å². The molecule has 106 valence electrons. The lowest BCUT2D eigenvalue weighted by molar-refractivity contribution is 0.676. The summed E-state index contributed by atoms with van der Waals surface area (Å²) in [5.41, 5.74) is 3.01. The van der Waals surface area contributed by atoms with Crippen LogP contribution in [-0.4, -0.2) is 6.54 Å². The summed E-state index contributed by atoms with van der Waals surface area (Å²) in [6.45, 7) is 3.86. The first kappa shape index (κ1) is 15.7.